The Labute approximate surface area is 217 Å². The number of carbonyl (C=O) groups is 4. The Balaban J connectivity index is 1.49. The number of methoxy groups -OCH3 is 1. The molecule has 4 heterocycles. The number of hydrogen-bond donors (Lipinski definition) is 2. The van der Waals surface area contributed by atoms with Crippen LogP contribution < -0.4 is 0 Å². The van der Waals surface area contributed by atoms with Crippen LogP contribution in [-0.4, -0.2) is 103 Å². The van der Waals surface area contributed by atoms with Crippen LogP contribution in [0.1, 0.15) is 34.1 Å². The number of aliphatic hydroxyl groups excluding tert-OH is 1. The van der Waals surface area contributed by atoms with Gasteiger partial charge in [-0.2, -0.15) is 0 Å². The van der Waals surface area contributed by atoms with E-state index in [1.54, 1.807) is 0 Å². The number of ether oxygens (including phenoxy) is 7. The van der Waals surface area contributed by atoms with Crippen molar-refractivity contribution in [2.75, 3.05) is 26.9 Å². The summed E-state index contributed by atoms with van der Waals surface area (Å²) < 4.78 is 39.2. The largest absolute Gasteiger partial charge is 0.467 e. The van der Waals surface area contributed by atoms with E-state index in [1.165, 1.54) is 14.0 Å². The molecule has 4 saturated heterocycles. The molecular weight excluding hydrogens is 508 g/mol. The highest BCUT2D eigenvalue weighted by Crippen LogP contribution is 2.84. The smallest absolute Gasteiger partial charge is 0.343 e. The molecule has 6 fully saturated rings. The van der Waals surface area contributed by atoms with Crippen molar-refractivity contribution in [3.63, 3.8) is 0 Å². The van der Waals surface area contributed by atoms with E-state index < -0.39 is 93.9 Å². The van der Waals surface area contributed by atoms with Crippen LogP contribution in [0.5, 0.6) is 0 Å². The minimum atomic E-state index is -2.28. The number of esters is 4. The highest BCUT2D eigenvalue weighted by atomic mass is 16.8. The van der Waals surface area contributed by atoms with Crippen LogP contribution in [0.2, 0.25) is 0 Å². The molecule has 13 heteroatoms. The second-order valence-corrected chi connectivity index (χ2v) is 12.1. The molecule has 6 rings (SSSR count). The third-order valence-electron chi connectivity index (χ3n) is 9.93. The maximum atomic E-state index is 13.7. The lowest BCUT2D eigenvalue weighted by atomic mass is 9.51. The average Bonchev–Trinajstić information content (AvgIpc) is 3.56. The lowest BCUT2D eigenvalue weighted by Crippen LogP contribution is -2.67. The van der Waals surface area contributed by atoms with Gasteiger partial charge >= 0.3 is 23.9 Å². The molecule has 0 radical (unpaired) electrons. The molecule has 13 nitrogen and oxygen atoms in total. The average molecular weight is 541 g/mol. The standard InChI is InChI=1S/C25H32O13/c1-10-17(28)36-15-14(27)23-12-8-11(21(2,3)4)22(23)16(34-7-6-33-9-13(26)32-5)18(29)37-20(22)38-25(23,19(30)35-12)24(10,15)31/h10-12,14-16,20,27,31H,6-9H2,1-5H3/t10?,11-,12?,14-,15-,16-,20-,22?,23-,24+,25+/m0/s1. The van der Waals surface area contributed by atoms with Gasteiger partial charge in [-0.3, -0.25) is 4.79 Å². The van der Waals surface area contributed by atoms with Crippen molar-refractivity contribution < 1.29 is 62.5 Å². The molecule has 2 aliphatic carbocycles. The van der Waals surface area contributed by atoms with Crippen molar-refractivity contribution >= 4 is 23.9 Å². The van der Waals surface area contributed by atoms with Crippen LogP contribution in [0.25, 0.3) is 0 Å². The lowest BCUT2D eigenvalue weighted by Gasteiger charge is -2.48. The Hall–Kier alpha value is -2.32. The summed E-state index contributed by atoms with van der Waals surface area (Å²) in [6.45, 7) is 6.72. The molecule has 0 amide bonds. The molecule has 0 aromatic rings. The van der Waals surface area contributed by atoms with E-state index in [9.17, 15) is 29.4 Å². The highest BCUT2D eigenvalue weighted by Gasteiger charge is 3.04. The quantitative estimate of drug-likeness (QED) is 0.235. The summed E-state index contributed by atoms with van der Waals surface area (Å²) in [5.41, 5.74) is -8.28. The normalized spacial score (nSPS) is 49.8. The summed E-state index contributed by atoms with van der Waals surface area (Å²) in [6, 6.07) is 0. The summed E-state index contributed by atoms with van der Waals surface area (Å²) in [5.74, 6) is -4.77. The third kappa shape index (κ3) is 2.43. The predicted molar refractivity (Wildman–Crippen MR) is 119 cm³/mol. The van der Waals surface area contributed by atoms with E-state index in [0.29, 0.717) is 0 Å². The maximum absolute atomic E-state index is 13.7. The zero-order valence-corrected chi connectivity index (χ0v) is 21.8. The van der Waals surface area contributed by atoms with E-state index in [-0.39, 0.29) is 26.2 Å². The first kappa shape index (κ1) is 25.9. The fourth-order valence-corrected chi connectivity index (χ4v) is 8.74. The number of hydrogen-bond acceptors (Lipinski definition) is 13. The van der Waals surface area contributed by atoms with Gasteiger partial charge in [0.05, 0.1) is 37.1 Å². The molecule has 2 saturated carbocycles. The van der Waals surface area contributed by atoms with Gasteiger partial charge in [-0.25, -0.2) is 14.4 Å². The summed E-state index contributed by atoms with van der Waals surface area (Å²) in [4.78, 5) is 51.1. The van der Waals surface area contributed by atoms with Gasteiger partial charge in [0.1, 0.15) is 18.8 Å². The Morgan fingerprint density at radius 3 is 2.47 bits per heavy atom. The van der Waals surface area contributed by atoms with Gasteiger partial charge < -0.3 is 43.4 Å². The Bertz CT molecular complexity index is 1120. The minimum absolute atomic E-state index is 0.0680. The SMILES string of the molecule is COC(=O)COCCO[C@H]1C(=O)O[C@H]2O[C@]34C(=O)OC5C[C@@H](C(C)(C)C)C21[C@@]53[C@@H](O)[C@@H]1OC(=O)C(C)[C@@]14O. The number of carbonyl (C=O) groups excluding carboxylic acids is 4. The topological polar surface area (TPSA) is 173 Å². The lowest BCUT2D eigenvalue weighted by molar-refractivity contribution is -0.240. The van der Waals surface area contributed by atoms with E-state index >= 15 is 0 Å². The van der Waals surface area contributed by atoms with Crippen molar-refractivity contribution in [2.24, 2.45) is 28.1 Å². The predicted octanol–water partition coefficient (Wildman–Crippen LogP) is -1.16. The van der Waals surface area contributed by atoms with Crippen LogP contribution in [0, 0.1) is 28.1 Å². The molecule has 0 aromatic carbocycles. The van der Waals surface area contributed by atoms with Gasteiger partial charge in [0.25, 0.3) is 0 Å². The molecule has 210 valence electrons. The summed E-state index contributed by atoms with van der Waals surface area (Å²) in [7, 11) is 1.23. The molecule has 3 unspecified atom stereocenters. The van der Waals surface area contributed by atoms with Crippen LogP contribution >= 0.6 is 0 Å². The van der Waals surface area contributed by atoms with Gasteiger partial charge in [-0.05, 0) is 24.7 Å². The van der Waals surface area contributed by atoms with Crippen molar-refractivity contribution in [2.45, 2.75) is 76.0 Å². The highest BCUT2D eigenvalue weighted by molar-refractivity contribution is 5.94. The molecule has 0 bridgehead atoms. The van der Waals surface area contributed by atoms with E-state index in [0.717, 1.165) is 0 Å². The second kappa shape index (κ2) is 7.66. The molecule has 6 aliphatic rings. The first-order valence-corrected chi connectivity index (χ1v) is 12.7. The first-order valence-electron chi connectivity index (χ1n) is 12.7. The van der Waals surface area contributed by atoms with Crippen LogP contribution in [0.15, 0.2) is 0 Å². The van der Waals surface area contributed by atoms with Crippen LogP contribution in [0.4, 0.5) is 0 Å². The number of aliphatic hydroxyl groups is 2. The zero-order valence-electron chi connectivity index (χ0n) is 21.8. The first-order chi connectivity index (χ1) is 17.8. The van der Waals surface area contributed by atoms with Gasteiger partial charge in [0.2, 0.25) is 11.9 Å². The van der Waals surface area contributed by atoms with E-state index in [2.05, 4.69) is 4.74 Å². The third-order valence-corrected chi connectivity index (χ3v) is 9.93. The van der Waals surface area contributed by atoms with Crippen molar-refractivity contribution in [1.82, 2.24) is 0 Å². The molecule has 0 aromatic heterocycles. The van der Waals surface area contributed by atoms with E-state index in [4.69, 9.17) is 28.4 Å². The van der Waals surface area contributed by atoms with Crippen molar-refractivity contribution in [1.29, 1.82) is 0 Å². The van der Waals surface area contributed by atoms with E-state index in [1.807, 2.05) is 20.8 Å². The summed E-state index contributed by atoms with van der Waals surface area (Å²) in [5, 5.41) is 24.1. The zero-order chi connectivity index (χ0) is 27.6. The summed E-state index contributed by atoms with van der Waals surface area (Å²) >= 11 is 0. The van der Waals surface area contributed by atoms with Gasteiger partial charge in [0, 0.05) is 0 Å². The molecule has 38 heavy (non-hydrogen) atoms. The van der Waals surface area contributed by atoms with Gasteiger partial charge in [0.15, 0.2) is 17.8 Å². The Morgan fingerprint density at radius 2 is 1.82 bits per heavy atom. The van der Waals surface area contributed by atoms with Crippen LogP contribution in [0.3, 0.4) is 0 Å². The fraction of sp³-hybridized carbons (Fsp3) is 0.840. The van der Waals surface area contributed by atoms with Gasteiger partial charge in [-0.15, -0.1) is 0 Å². The van der Waals surface area contributed by atoms with Crippen molar-refractivity contribution in [3.05, 3.63) is 0 Å². The van der Waals surface area contributed by atoms with Crippen molar-refractivity contribution in [3.8, 4) is 0 Å². The Morgan fingerprint density at radius 1 is 1.11 bits per heavy atom. The molecule has 4 aliphatic heterocycles. The van der Waals surface area contributed by atoms with Gasteiger partial charge in [-0.1, -0.05) is 20.8 Å². The monoisotopic (exact) mass is 540 g/mol. The van der Waals surface area contributed by atoms with Crippen LogP contribution in [-0.2, 0) is 52.3 Å². The molecule has 2 spiro atoms. The minimum Gasteiger partial charge on any atom is -0.467 e. The second-order valence-electron chi connectivity index (χ2n) is 12.1. The number of rotatable bonds is 6. The number of fused-ring (bicyclic) bond motifs is 1. The molecular formula is C25H32O13. The fourth-order valence-electron chi connectivity index (χ4n) is 8.74. The Kier molecular flexibility index (Phi) is 5.22. The molecule has 11 atom stereocenters. The molecule has 2 N–H and O–H groups in total. The maximum Gasteiger partial charge on any atom is 0.343 e. The summed E-state index contributed by atoms with van der Waals surface area (Å²) in [6.07, 6.45) is -6.59.